The van der Waals surface area contributed by atoms with Crippen LogP contribution in [0.25, 0.3) is 0 Å². The first-order valence-corrected chi connectivity index (χ1v) is 7.14. The van der Waals surface area contributed by atoms with Gasteiger partial charge in [-0.05, 0) is 18.5 Å². The van der Waals surface area contributed by atoms with Crippen LogP contribution >= 0.6 is 12.4 Å². The standard InChI is InChI=1S/C15H18F2N2O2.ClH/c16-15(17)10-19(13-6-7-18-8-12(13)15)14(20)21-9-11-4-2-1-3-5-11;/h1-5,12-13,18H,6-10H2;1H/t12-,13+;/m0./s1. The number of rotatable bonds is 2. The van der Waals surface area contributed by atoms with Gasteiger partial charge in [0.1, 0.15) is 6.61 Å². The number of hydrogen-bond donors (Lipinski definition) is 1. The van der Waals surface area contributed by atoms with Gasteiger partial charge in [-0.2, -0.15) is 0 Å². The molecule has 22 heavy (non-hydrogen) atoms. The maximum Gasteiger partial charge on any atom is 0.410 e. The Morgan fingerprint density at radius 3 is 2.82 bits per heavy atom. The first kappa shape index (κ1) is 17.0. The number of alkyl halides is 2. The van der Waals surface area contributed by atoms with E-state index in [-0.39, 0.29) is 25.6 Å². The quantitative estimate of drug-likeness (QED) is 0.905. The number of carbonyl (C=O) groups is 1. The molecule has 0 radical (unpaired) electrons. The molecule has 0 aliphatic carbocycles. The van der Waals surface area contributed by atoms with E-state index in [2.05, 4.69) is 5.32 Å². The first-order chi connectivity index (χ1) is 10.1. The maximum absolute atomic E-state index is 14.0. The van der Waals surface area contributed by atoms with Gasteiger partial charge in [0.25, 0.3) is 5.92 Å². The van der Waals surface area contributed by atoms with Gasteiger partial charge in [0.05, 0.1) is 12.5 Å². The van der Waals surface area contributed by atoms with E-state index in [9.17, 15) is 13.6 Å². The van der Waals surface area contributed by atoms with Crippen molar-refractivity contribution in [2.75, 3.05) is 19.6 Å². The van der Waals surface area contributed by atoms with Crippen molar-refractivity contribution >= 4 is 18.5 Å². The molecule has 2 fully saturated rings. The molecule has 2 atom stereocenters. The van der Waals surface area contributed by atoms with Crippen LogP contribution in [-0.4, -0.2) is 42.6 Å². The van der Waals surface area contributed by atoms with E-state index in [1.54, 1.807) is 0 Å². The molecule has 2 aliphatic heterocycles. The van der Waals surface area contributed by atoms with Crippen LogP contribution in [-0.2, 0) is 11.3 Å². The second-order valence-electron chi connectivity index (χ2n) is 5.60. The lowest BCUT2D eigenvalue weighted by atomic mass is 9.92. The van der Waals surface area contributed by atoms with Crippen molar-refractivity contribution in [1.82, 2.24) is 10.2 Å². The van der Waals surface area contributed by atoms with Gasteiger partial charge in [-0.1, -0.05) is 30.3 Å². The van der Waals surface area contributed by atoms with Crippen LogP contribution in [0.1, 0.15) is 12.0 Å². The monoisotopic (exact) mass is 332 g/mol. The zero-order valence-electron chi connectivity index (χ0n) is 12.0. The van der Waals surface area contributed by atoms with Crippen molar-refractivity contribution < 1.29 is 18.3 Å². The van der Waals surface area contributed by atoms with Crippen molar-refractivity contribution in [2.45, 2.75) is 25.0 Å². The van der Waals surface area contributed by atoms with Crippen LogP contribution in [0.3, 0.4) is 0 Å². The molecule has 4 nitrogen and oxygen atoms in total. The third-order valence-corrected chi connectivity index (χ3v) is 4.21. The van der Waals surface area contributed by atoms with Gasteiger partial charge in [0.15, 0.2) is 0 Å². The number of carbonyl (C=O) groups excluding carboxylic acids is 1. The van der Waals surface area contributed by atoms with Crippen LogP contribution in [0.15, 0.2) is 30.3 Å². The maximum atomic E-state index is 14.0. The van der Waals surface area contributed by atoms with Gasteiger partial charge in [-0.15, -0.1) is 12.4 Å². The number of hydrogen-bond acceptors (Lipinski definition) is 3. The average Bonchev–Trinajstić information content (AvgIpc) is 2.78. The third kappa shape index (κ3) is 3.33. The van der Waals surface area contributed by atoms with Gasteiger partial charge in [0.2, 0.25) is 0 Å². The number of halogens is 3. The summed E-state index contributed by atoms with van der Waals surface area (Å²) in [6.07, 6.45) is -0.103. The number of ether oxygens (including phenoxy) is 1. The largest absolute Gasteiger partial charge is 0.445 e. The summed E-state index contributed by atoms with van der Waals surface area (Å²) >= 11 is 0. The van der Waals surface area contributed by atoms with E-state index in [1.807, 2.05) is 30.3 Å². The molecule has 7 heteroatoms. The van der Waals surface area contributed by atoms with E-state index >= 15 is 0 Å². The van der Waals surface area contributed by atoms with Crippen LogP contribution in [0.4, 0.5) is 13.6 Å². The van der Waals surface area contributed by atoms with Crippen molar-refractivity contribution in [3.05, 3.63) is 35.9 Å². The summed E-state index contributed by atoms with van der Waals surface area (Å²) in [5, 5.41) is 2.97. The highest BCUT2D eigenvalue weighted by Crippen LogP contribution is 2.40. The minimum Gasteiger partial charge on any atom is -0.445 e. The van der Waals surface area contributed by atoms with Crippen molar-refractivity contribution in [1.29, 1.82) is 0 Å². The molecule has 0 unspecified atom stereocenters. The Morgan fingerprint density at radius 1 is 1.36 bits per heavy atom. The number of benzene rings is 1. The normalized spacial score (nSPS) is 26.0. The molecule has 0 spiro atoms. The van der Waals surface area contributed by atoms with E-state index in [0.29, 0.717) is 13.0 Å². The number of amides is 1. The van der Waals surface area contributed by atoms with Gasteiger partial charge in [-0.3, -0.25) is 4.90 Å². The fourth-order valence-corrected chi connectivity index (χ4v) is 3.11. The average molecular weight is 333 g/mol. The lowest BCUT2D eigenvalue weighted by Gasteiger charge is -2.31. The highest BCUT2D eigenvalue weighted by atomic mass is 35.5. The number of fused-ring (bicyclic) bond motifs is 1. The summed E-state index contributed by atoms with van der Waals surface area (Å²) < 4.78 is 33.1. The topological polar surface area (TPSA) is 41.6 Å². The van der Waals surface area contributed by atoms with Gasteiger partial charge in [0, 0.05) is 12.6 Å². The Kier molecular flexibility index (Phi) is 5.24. The molecule has 0 bridgehead atoms. The Labute approximate surface area is 134 Å². The predicted octanol–water partition coefficient (Wildman–Crippen LogP) is 2.67. The Hall–Kier alpha value is -1.40. The second-order valence-corrected chi connectivity index (χ2v) is 5.60. The van der Waals surface area contributed by atoms with Crippen LogP contribution in [0, 0.1) is 5.92 Å². The molecule has 0 aromatic heterocycles. The van der Waals surface area contributed by atoms with Crippen molar-refractivity contribution in [2.24, 2.45) is 5.92 Å². The van der Waals surface area contributed by atoms with Crippen molar-refractivity contribution in [3.63, 3.8) is 0 Å². The lowest BCUT2D eigenvalue weighted by Crippen LogP contribution is -2.47. The van der Waals surface area contributed by atoms with Crippen molar-refractivity contribution in [3.8, 4) is 0 Å². The summed E-state index contributed by atoms with van der Waals surface area (Å²) in [7, 11) is 0. The Morgan fingerprint density at radius 2 is 2.09 bits per heavy atom. The fourth-order valence-electron chi connectivity index (χ4n) is 3.11. The molecule has 2 heterocycles. The molecule has 1 N–H and O–H groups in total. The molecule has 1 aromatic rings. The molecule has 122 valence electrons. The zero-order chi connectivity index (χ0) is 14.9. The SMILES string of the molecule is Cl.O=C(OCc1ccccc1)N1CC(F)(F)[C@H]2CNCC[C@H]21. The van der Waals surface area contributed by atoms with Crippen LogP contribution in [0.2, 0.25) is 0 Å². The Bertz CT molecular complexity index is 516. The summed E-state index contributed by atoms with van der Waals surface area (Å²) in [4.78, 5) is 13.3. The third-order valence-electron chi connectivity index (χ3n) is 4.21. The van der Waals surface area contributed by atoms with Gasteiger partial charge in [-0.25, -0.2) is 13.6 Å². The summed E-state index contributed by atoms with van der Waals surface area (Å²) in [5.74, 6) is -3.65. The highest BCUT2D eigenvalue weighted by molar-refractivity contribution is 5.85. The van der Waals surface area contributed by atoms with E-state index in [0.717, 1.165) is 5.56 Å². The predicted molar refractivity (Wildman–Crippen MR) is 80.3 cm³/mol. The number of nitrogens with one attached hydrogen (secondary N) is 1. The number of nitrogens with zero attached hydrogens (tertiary/aromatic N) is 1. The van der Waals surface area contributed by atoms with Crippen LogP contribution < -0.4 is 5.32 Å². The molecule has 0 saturated carbocycles. The highest BCUT2D eigenvalue weighted by Gasteiger charge is 2.56. The second kappa shape index (κ2) is 6.79. The first-order valence-electron chi connectivity index (χ1n) is 7.14. The van der Waals surface area contributed by atoms with Crippen LogP contribution in [0.5, 0.6) is 0 Å². The molecule has 2 saturated heterocycles. The number of likely N-dealkylation sites (tertiary alicyclic amines) is 1. The lowest BCUT2D eigenvalue weighted by molar-refractivity contribution is -0.0328. The molecule has 2 aliphatic rings. The van der Waals surface area contributed by atoms with E-state index in [4.69, 9.17) is 4.74 Å². The van der Waals surface area contributed by atoms with E-state index in [1.165, 1.54) is 4.90 Å². The molecular weight excluding hydrogens is 314 g/mol. The smallest absolute Gasteiger partial charge is 0.410 e. The minimum atomic E-state index is -2.84. The fraction of sp³-hybridized carbons (Fsp3) is 0.533. The van der Waals surface area contributed by atoms with Gasteiger partial charge >= 0.3 is 6.09 Å². The molecule has 1 amide bonds. The molecule has 3 rings (SSSR count). The summed E-state index contributed by atoms with van der Waals surface area (Å²) in [5.41, 5.74) is 0.846. The summed E-state index contributed by atoms with van der Waals surface area (Å²) in [6, 6.07) is 8.79. The molecular formula is C15H19ClF2N2O2. The van der Waals surface area contributed by atoms with E-state index < -0.39 is 30.5 Å². The summed E-state index contributed by atoms with van der Waals surface area (Å²) in [6.45, 7) is 0.467. The molecule has 1 aromatic carbocycles. The number of piperidine rings is 1. The van der Waals surface area contributed by atoms with Gasteiger partial charge < -0.3 is 10.1 Å². The minimum absolute atomic E-state index is 0. The Balaban J connectivity index is 0.00000176. The zero-order valence-corrected chi connectivity index (χ0v) is 12.8.